The van der Waals surface area contributed by atoms with Gasteiger partial charge >= 0.3 is 39.5 Å². The molecule has 5 unspecified atom stereocenters. The first-order valence-electron chi connectivity index (χ1n) is 43.8. The van der Waals surface area contributed by atoms with Crippen LogP contribution in [0, 0.1) is 17.8 Å². The molecular formula is C86H164O17P2. The van der Waals surface area contributed by atoms with Gasteiger partial charge in [-0.15, -0.1) is 0 Å². The minimum Gasteiger partial charge on any atom is -0.462 e. The van der Waals surface area contributed by atoms with Crippen LogP contribution in [0.25, 0.3) is 0 Å². The number of rotatable bonds is 82. The predicted molar refractivity (Wildman–Crippen MR) is 432 cm³/mol. The lowest BCUT2D eigenvalue weighted by Gasteiger charge is -2.21. The Hall–Kier alpha value is -2.46. The van der Waals surface area contributed by atoms with Crippen molar-refractivity contribution in [2.45, 2.75) is 446 Å². The summed E-state index contributed by atoms with van der Waals surface area (Å²) in [6.45, 7) is 12.0. The number of phosphoric acid groups is 2. The molecule has 0 radical (unpaired) electrons. The predicted octanol–water partition coefficient (Wildman–Crippen LogP) is 25.6. The molecule has 0 aliphatic rings. The number of allylic oxidation sites excluding steroid dienone is 4. The van der Waals surface area contributed by atoms with Gasteiger partial charge in [-0.2, -0.15) is 0 Å². The summed E-state index contributed by atoms with van der Waals surface area (Å²) in [6.07, 6.45) is 68.8. The van der Waals surface area contributed by atoms with Crippen LogP contribution in [-0.4, -0.2) is 96.7 Å². The Balaban J connectivity index is 5.25. The second kappa shape index (κ2) is 75.6. The largest absolute Gasteiger partial charge is 0.472 e. The van der Waals surface area contributed by atoms with E-state index in [1.807, 2.05) is 0 Å². The smallest absolute Gasteiger partial charge is 0.462 e. The van der Waals surface area contributed by atoms with Gasteiger partial charge in [0.2, 0.25) is 0 Å². The van der Waals surface area contributed by atoms with E-state index in [-0.39, 0.29) is 25.7 Å². The average Bonchev–Trinajstić information content (AvgIpc) is 0.908. The number of ether oxygens (including phenoxy) is 4. The molecular weight excluding hydrogens is 1370 g/mol. The van der Waals surface area contributed by atoms with Crippen molar-refractivity contribution in [1.82, 2.24) is 0 Å². The number of aliphatic hydroxyl groups excluding tert-OH is 1. The van der Waals surface area contributed by atoms with Crippen molar-refractivity contribution in [1.29, 1.82) is 0 Å². The summed E-state index contributed by atoms with van der Waals surface area (Å²) in [7, 11) is -9.94. The topological polar surface area (TPSA) is 237 Å². The molecule has 8 atom stereocenters. The molecule has 0 amide bonds. The van der Waals surface area contributed by atoms with E-state index in [9.17, 15) is 43.2 Å². The van der Waals surface area contributed by atoms with Gasteiger partial charge in [0.1, 0.15) is 19.3 Å². The summed E-state index contributed by atoms with van der Waals surface area (Å²) in [5.41, 5.74) is 0. The summed E-state index contributed by atoms with van der Waals surface area (Å²) in [5, 5.41) is 10.7. The standard InChI is InChI=1S/C86H164O17P2/c1-8-12-13-14-15-16-17-18-23-31-36-41-46-55-62-70-86(91)103-82(74-97-84(89)68-61-54-49-48-52-59-66-79(7)11-4)76-101-105(94,95)99-72-80(87)71-98-104(92,93)100-75-81(102-85(90)69-63-56-47-42-37-32-27-26-29-34-39-44-51-58-65-78(6)10-3)73-96-83(88)67-60-53-45-40-35-30-25-22-20-19-21-24-28-33-38-43-50-57-64-77(5)9-2/h16-18,23,77-82,87H,8-15,19-22,24-76H2,1-7H3,(H,92,93)(H,94,95)/b17-16-,23-18-/t77?,78?,79?,80-,81-,82-/m1/s1. The van der Waals surface area contributed by atoms with Crippen molar-refractivity contribution in [3.63, 3.8) is 0 Å². The molecule has 620 valence electrons. The van der Waals surface area contributed by atoms with Gasteiger partial charge in [0, 0.05) is 25.7 Å². The second-order valence-electron chi connectivity index (χ2n) is 31.0. The number of aliphatic hydroxyl groups is 1. The quantitative estimate of drug-likeness (QED) is 0.0169. The number of hydrogen-bond acceptors (Lipinski definition) is 15. The van der Waals surface area contributed by atoms with E-state index >= 15 is 0 Å². The number of hydrogen-bond donors (Lipinski definition) is 3. The molecule has 0 fully saturated rings. The lowest BCUT2D eigenvalue weighted by molar-refractivity contribution is -0.161. The molecule has 3 N–H and O–H groups in total. The first kappa shape index (κ1) is 103. The Kier molecular flexibility index (Phi) is 73.8. The van der Waals surface area contributed by atoms with Crippen LogP contribution < -0.4 is 0 Å². The molecule has 0 aliphatic carbocycles. The van der Waals surface area contributed by atoms with Gasteiger partial charge in [-0.1, -0.05) is 375 Å². The minimum atomic E-state index is -4.97. The van der Waals surface area contributed by atoms with E-state index in [1.54, 1.807) is 0 Å². The van der Waals surface area contributed by atoms with Gasteiger partial charge in [-0.05, 0) is 69.1 Å². The molecule has 0 spiro atoms. The van der Waals surface area contributed by atoms with E-state index in [4.69, 9.17) is 37.0 Å². The highest BCUT2D eigenvalue weighted by atomic mass is 31.2. The fourth-order valence-electron chi connectivity index (χ4n) is 12.7. The Morgan fingerprint density at radius 2 is 0.533 bits per heavy atom. The number of phosphoric ester groups is 2. The Bertz CT molecular complexity index is 2130. The molecule has 105 heavy (non-hydrogen) atoms. The Morgan fingerprint density at radius 1 is 0.305 bits per heavy atom. The molecule has 0 heterocycles. The molecule has 0 saturated heterocycles. The fourth-order valence-corrected chi connectivity index (χ4v) is 14.3. The monoisotopic (exact) mass is 1530 g/mol. The van der Waals surface area contributed by atoms with Crippen molar-refractivity contribution in [3.8, 4) is 0 Å². The molecule has 0 aromatic carbocycles. The van der Waals surface area contributed by atoms with Crippen molar-refractivity contribution < 1.29 is 80.2 Å². The lowest BCUT2D eigenvalue weighted by atomic mass is 9.99. The average molecular weight is 1530 g/mol. The molecule has 0 aromatic heterocycles. The summed E-state index contributed by atoms with van der Waals surface area (Å²) in [4.78, 5) is 73.2. The number of carbonyl (C=O) groups is 4. The normalized spacial score (nSPS) is 14.8. The van der Waals surface area contributed by atoms with Gasteiger partial charge in [0.05, 0.1) is 26.4 Å². The van der Waals surface area contributed by atoms with E-state index in [0.29, 0.717) is 25.7 Å². The highest BCUT2D eigenvalue weighted by Crippen LogP contribution is 2.45. The third-order valence-corrected chi connectivity index (χ3v) is 22.5. The SMILES string of the molecule is CCCCCC/C=C\C=C/CCCCCCCC(=O)O[C@H](COC(=O)CCCCCCCCC(C)CC)COP(=O)(O)OC[C@H](O)COP(=O)(O)OC[C@@H](COC(=O)CCCCCCCCCCCCCCCCCCCCC(C)CC)OC(=O)CCCCCCCCCCCCCCCCC(C)CC. The van der Waals surface area contributed by atoms with E-state index < -0.39 is 97.5 Å². The van der Waals surface area contributed by atoms with E-state index in [1.165, 1.54) is 218 Å². The van der Waals surface area contributed by atoms with Crippen LogP contribution >= 0.6 is 15.6 Å². The zero-order valence-corrected chi connectivity index (χ0v) is 70.5. The zero-order valence-electron chi connectivity index (χ0n) is 68.7. The summed E-state index contributed by atoms with van der Waals surface area (Å²) < 4.78 is 68.8. The van der Waals surface area contributed by atoms with Gasteiger partial charge < -0.3 is 33.8 Å². The molecule has 0 aromatic rings. The van der Waals surface area contributed by atoms with Gasteiger partial charge in [0.15, 0.2) is 12.2 Å². The second-order valence-corrected chi connectivity index (χ2v) is 33.9. The third kappa shape index (κ3) is 75.4. The van der Waals surface area contributed by atoms with Crippen LogP contribution in [0.15, 0.2) is 24.3 Å². The van der Waals surface area contributed by atoms with Crippen LogP contribution in [0.2, 0.25) is 0 Å². The number of unbranched alkanes of at least 4 members (excludes halogenated alkanes) is 44. The molecule has 19 heteroatoms. The molecule has 0 bridgehead atoms. The third-order valence-electron chi connectivity index (χ3n) is 20.6. The first-order chi connectivity index (χ1) is 50.8. The highest BCUT2D eigenvalue weighted by Gasteiger charge is 2.30. The Morgan fingerprint density at radius 3 is 0.800 bits per heavy atom. The van der Waals surface area contributed by atoms with E-state index in [0.717, 1.165) is 127 Å². The maximum absolute atomic E-state index is 13.1. The zero-order chi connectivity index (χ0) is 77.2. The van der Waals surface area contributed by atoms with Crippen LogP contribution in [0.4, 0.5) is 0 Å². The van der Waals surface area contributed by atoms with Crippen molar-refractivity contribution >= 4 is 39.5 Å². The fraction of sp³-hybridized carbons (Fsp3) is 0.907. The minimum absolute atomic E-state index is 0.0841. The maximum Gasteiger partial charge on any atom is 0.472 e. The van der Waals surface area contributed by atoms with Gasteiger partial charge in [-0.3, -0.25) is 37.3 Å². The summed E-state index contributed by atoms with van der Waals surface area (Å²) >= 11 is 0. The first-order valence-corrected chi connectivity index (χ1v) is 46.8. The summed E-state index contributed by atoms with van der Waals surface area (Å²) in [5.74, 6) is 0.307. The van der Waals surface area contributed by atoms with Gasteiger partial charge in [-0.25, -0.2) is 9.13 Å². The molecule has 0 aliphatic heterocycles. The van der Waals surface area contributed by atoms with E-state index in [2.05, 4.69) is 72.8 Å². The lowest BCUT2D eigenvalue weighted by Crippen LogP contribution is -2.30. The maximum atomic E-state index is 13.1. The molecule has 0 rings (SSSR count). The number of esters is 4. The van der Waals surface area contributed by atoms with Crippen molar-refractivity contribution in [3.05, 3.63) is 24.3 Å². The summed E-state index contributed by atoms with van der Waals surface area (Å²) in [6, 6.07) is 0. The van der Waals surface area contributed by atoms with Crippen LogP contribution in [0.3, 0.4) is 0 Å². The number of carbonyl (C=O) groups excluding carboxylic acids is 4. The molecule has 0 saturated carbocycles. The van der Waals surface area contributed by atoms with Crippen LogP contribution in [0.1, 0.15) is 427 Å². The van der Waals surface area contributed by atoms with Crippen LogP contribution in [0.5, 0.6) is 0 Å². The van der Waals surface area contributed by atoms with Crippen LogP contribution in [-0.2, 0) is 65.4 Å². The van der Waals surface area contributed by atoms with Crippen molar-refractivity contribution in [2.75, 3.05) is 39.6 Å². The highest BCUT2D eigenvalue weighted by molar-refractivity contribution is 7.47. The van der Waals surface area contributed by atoms with Crippen molar-refractivity contribution in [2.24, 2.45) is 17.8 Å². The van der Waals surface area contributed by atoms with Gasteiger partial charge in [0.25, 0.3) is 0 Å². The molecule has 17 nitrogen and oxygen atoms in total. The Labute approximate surface area is 643 Å².